The second-order valence-corrected chi connectivity index (χ2v) is 7.42. The first-order valence-electron chi connectivity index (χ1n) is 8.99. The van der Waals surface area contributed by atoms with Gasteiger partial charge in [0.1, 0.15) is 17.7 Å². The van der Waals surface area contributed by atoms with Crippen LogP contribution in [0.1, 0.15) is 10.4 Å². The van der Waals surface area contributed by atoms with Gasteiger partial charge in [-0.2, -0.15) is 0 Å². The predicted octanol–water partition coefficient (Wildman–Crippen LogP) is 3.49. The lowest BCUT2D eigenvalue weighted by Crippen LogP contribution is -2.33. The molecule has 6 nitrogen and oxygen atoms in total. The molecule has 1 aliphatic heterocycles. The lowest BCUT2D eigenvalue weighted by atomic mass is 10.0. The largest absolute Gasteiger partial charge is 0.487 e. The fourth-order valence-corrected chi connectivity index (χ4v) is 3.71. The quantitative estimate of drug-likeness (QED) is 0.629. The van der Waals surface area contributed by atoms with E-state index in [9.17, 15) is 9.18 Å². The molecule has 0 bridgehead atoms. The first-order valence-corrected chi connectivity index (χ1v) is 9.87. The average molecular weight is 411 g/mol. The summed E-state index contributed by atoms with van der Waals surface area (Å²) >= 11 is 1.56. The van der Waals surface area contributed by atoms with Crippen LogP contribution in [-0.4, -0.2) is 35.9 Å². The van der Waals surface area contributed by atoms with Crippen LogP contribution in [-0.2, 0) is 11.2 Å². The van der Waals surface area contributed by atoms with Crippen molar-refractivity contribution in [2.45, 2.75) is 12.5 Å². The molecule has 148 valence electrons. The van der Waals surface area contributed by atoms with Gasteiger partial charge in [-0.05, 0) is 35.7 Å². The second-order valence-electron chi connectivity index (χ2n) is 6.44. The third-order valence-electron chi connectivity index (χ3n) is 4.43. The van der Waals surface area contributed by atoms with Gasteiger partial charge >= 0.3 is 0 Å². The van der Waals surface area contributed by atoms with Gasteiger partial charge in [0.2, 0.25) is 11.8 Å². The fourth-order valence-electron chi connectivity index (χ4n) is 3.09. The molecule has 0 saturated carbocycles. The minimum atomic E-state index is -0.372. The van der Waals surface area contributed by atoms with Crippen LogP contribution in [0.4, 0.5) is 4.39 Å². The number of hydrogen-bond donors (Lipinski definition) is 1. The molecule has 0 fully saturated rings. The minimum Gasteiger partial charge on any atom is -0.487 e. The third kappa shape index (κ3) is 4.43. The molecule has 0 aliphatic carbocycles. The van der Waals surface area contributed by atoms with Crippen molar-refractivity contribution >= 4 is 23.3 Å². The van der Waals surface area contributed by atoms with Crippen molar-refractivity contribution in [1.29, 1.82) is 0 Å². The third-order valence-corrected chi connectivity index (χ3v) is 5.27. The number of benzene rings is 1. The highest BCUT2D eigenvalue weighted by atomic mass is 32.1. The minimum absolute atomic E-state index is 0.203. The zero-order valence-electron chi connectivity index (χ0n) is 15.6. The summed E-state index contributed by atoms with van der Waals surface area (Å²) in [5.74, 6) is 0.368. The summed E-state index contributed by atoms with van der Waals surface area (Å²) in [6.45, 7) is 0.317. The molecular weight excluding hydrogens is 393 g/mol. The molecule has 1 unspecified atom stereocenters. The Morgan fingerprint density at radius 3 is 3.00 bits per heavy atom. The molecule has 1 aliphatic rings. The summed E-state index contributed by atoms with van der Waals surface area (Å²) in [4.78, 5) is 13.0. The SMILES string of the molecule is COc1ccc(-c2cc(F)cc3c2OC(CNC(=O)/C=C/c2cccs2)C3)nn1. The zero-order valence-corrected chi connectivity index (χ0v) is 16.4. The van der Waals surface area contributed by atoms with Crippen LogP contribution >= 0.6 is 11.3 Å². The van der Waals surface area contributed by atoms with E-state index in [1.54, 1.807) is 29.5 Å². The number of fused-ring (bicyclic) bond motifs is 1. The number of amides is 1. The summed E-state index contributed by atoms with van der Waals surface area (Å²) in [5.41, 5.74) is 1.76. The Morgan fingerprint density at radius 2 is 2.28 bits per heavy atom. The van der Waals surface area contributed by atoms with Crippen molar-refractivity contribution in [3.05, 3.63) is 64.1 Å². The lowest BCUT2D eigenvalue weighted by molar-refractivity contribution is -0.116. The van der Waals surface area contributed by atoms with Crippen LogP contribution in [0, 0.1) is 5.82 Å². The first-order chi connectivity index (χ1) is 14.1. The molecule has 1 aromatic carbocycles. The van der Waals surface area contributed by atoms with Gasteiger partial charge in [0, 0.05) is 34.6 Å². The highest BCUT2D eigenvalue weighted by Gasteiger charge is 2.27. The van der Waals surface area contributed by atoms with Gasteiger partial charge in [0.05, 0.1) is 19.3 Å². The van der Waals surface area contributed by atoms with Gasteiger partial charge in [-0.15, -0.1) is 21.5 Å². The van der Waals surface area contributed by atoms with Gasteiger partial charge in [-0.25, -0.2) is 4.39 Å². The highest BCUT2D eigenvalue weighted by molar-refractivity contribution is 7.10. The van der Waals surface area contributed by atoms with Crippen LogP contribution in [0.2, 0.25) is 0 Å². The van der Waals surface area contributed by atoms with Crippen LogP contribution in [0.5, 0.6) is 11.6 Å². The Hall–Kier alpha value is -3.26. The van der Waals surface area contributed by atoms with Crippen LogP contribution in [0.25, 0.3) is 17.3 Å². The summed E-state index contributed by atoms with van der Waals surface area (Å²) in [6.07, 6.45) is 3.47. The molecule has 1 amide bonds. The van der Waals surface area contributed by atoms with Gasteiger partial charge in [-0.1, -0.05) is 6.07 Å². The molecule has 0 saturated heterocycles. The maximum Gasteiger partial charge on any atom is 0.244 e. The Morgan fingerprint density at radius 1 is 1.38 bits per heavy atom. The number of thiophene rings is 1. The van der Waals surface area contributed by atoms with Crippen molar-refractivity contribution in [2.24, 2.45) is 0 Å². The predicted molar refractivity (Wildman–Crippen MR) is 108 cm³/mol. The molecule has 2 aromatic heterocycles. The van der Waals surface area contributed by atoms with E-state index in [0.717, 1.165) is 10.4 Å². The number of carbonyl (C=O) groups excluding carboxylic acids is 1. The van der Waals surface area contributed by atoms with Crippen LogP contribution < -0.4 is 14.8 Å². The average Bonchev–Trinajstić information content (AvgIpc) is 3.39. The Balaban J connectivity index is 1.44. The Labute approximate surface area is 171 Å². The monoisotopic (exact) mass is 411 g/mol. The van der Waals surface area contributed by atoms with Crippen molar-refractivity contribution in [3.8, 4) is 22.9 Å². The number of hydrogen-bond acceptors (Lipinski definition) is 6. The van der Waals surface area contributed by atoms with E-state index in [4.69, 9.17) is 9.47 Å². The number of carbonyl (C=O) groups is 1. The molecule has 8 heteroatoms. The maximum absolute atomic E-state index is 14.1. The number of halogens is 1. The van der Waals surface area contributed by atoms with Gasteiger partial charge < -0.3 is 14.8 Å². The van der Waals surface area contributed by atoms with E-state index in [1.165, 1.54) is 25.3 Å². The molecule has 0 radical (unpaired) electrons. The van der Waals surface area contributed by atoms with E-state index in [1.807, 2.05) is 17.5 Å². The number of nitrogens with zero attached hydrogens (tertiary/aromatic N) is 2. The van der Waals surface area contributed by atoms with Crippen molar-refractivity contribution in [3.63, 3.8) is 0 Å². The van der Waals surface area contributed by atoms with Gasteiger partial charge in [0.25, 0.3) is 0 Å². The highest BCUT2D eigenvalue weighted by Crippen LogP contribution is 2.38. The Bertz CT molecular complexity index is 1040. The molecule has 4 rings (SSSR count). The summed E-state index contributed by atoms with van der Waals surface area (Å²) in [5, 5.41) is 12.8. The molecular formula is C21H18FN3O3S. The number of ether oxygens (including phenoxy) is 2. The zero-order chi connectivity index (χ0) is 20.2. The van der Waals surface area contributed by atoms with E-state index in [0.29, 0.717) is 35.9 Å². The number of rotatable bonds is 6. The van der Waals surface area contributed by atoms with Crippen molar-refractivity contribution < 1.29 is 18.7 Å². The van der Waals surface area contributed by atoms with Crippen LogP contribution in [0.15, 0.2) is 47.9 Å². The van der Waals surface area contributed by atoms with E-state index in [2.05, 4.69) is 15.5 Å². The number of methoxy groups -OCH3 is 1. The molecule has 3 heterocycles. The second kappa shape index (κ2) is 8.40. The van der Waals surface area contributed by atoms with E-state index < -0.39 is 0 Å². The summed E-state index contributed by atoms with van der Waals surface area (Å²) in [7, 11) is 1.50. The number of aromatic nitrogens is 2. The lowest BCUT2D eigenvalue weighted by Gasteiger charge is -2.12. The smallest absolute Gasteiger partial charge is 0.244 e. The number of nitrogens with one attached hydrogen (secondary N) is 1. The first kappa shape index (κ1) is 19.1. The van der Waals surface area contributed by atoms with Crippen LogP contribution in [0.3, 0.4) is 0 Å². The normalized spacial score (nSPS) is 15.2. The molecule has 0 spiro atoms. The summed E-state index contributed by atoms with van der Waals surface area (Å²) in [6, 6.07) is 10.0. The van der Waals surface area contributed by atoms with Gasteiger partial charge in [-0.3, -0.25) is 4.79 Å². The van der Waals surface area contributed by atoms with E-state index in [-0.39, 0.29) is 17.8 Å². The standard InChI is InChI=1S/C21H18FN3O3S/c1-27-20-7-5-18(24-25-20)17-11-14(22)9-13-10-15(28-21(13)17)12-23-19(26)6-4-16-3-2-8-29-16/h2-9,11,15H,10,12H2,1H3,(H,23,26)/b6-4+. The summed E-state index contributed by atoms with van der Waals surface area (Å²) < 4.78 is 25.1. The molecule has 3 aromatic rings. The Kier molecular flexibility index (Phi) is 5.53. The van der Waals surface area contributed by atoms with E-state index >= 15 is 0 Å². The topological polar surface area (TPSA) is 73.3 Å². The maximum atomic E-state index is 14.1. The van der Waals surface area contributed by atoms with Gasteiger partial charge in [0.15, 0.2) is 0 Å². The molecule has 1 atom stereocenters. The molecule has 1 N–H and O–H groups in total. The fraction of sp³-hybridized carbons (Fsp3) is 0.190. The van der Waals surface area contributed by atoms with Crippen molar-refractivity contribution in [2.75, 3.05) is 13.7 Å². The molecule has 29 heavy (non-hydrogen) atoms. The van der Waals surface area contributed by atoms with Crippen molar-refractivity contribution in [1.82, 2.24) is 15.5 Å².